The predicted molar refractivity (Wildman–Crippen MR) is 510 cm³/mol. The topological polar surface area (TPSA) is 547 Å². The third-order valence-electron chi connectivity index (χ3n) is 22.6. The van der Waals surface area contributed by atoms with Crippen LogP contribution in [-0.2, 0) is 55.3 Å². The van der Waals surface area contributed by atoms with Gasteiger partial charge in [0.05, 0.1) is 52.8 Å². The van der Waals surface area contributed by atoms with Crippen molar-refractivity contribution in [2.75, 3.05) is 75.3 Å². The van der Waals surface area contributed by atoms with E-state index in [1.807, 2.05) is 82.9 Å². The first-order valence-corrected chi connectivity index (χ1v) is 52.4. The molecule has 0 radical (unpaired) electrons. The lowest BCUT2D eigenvalue weighted by Gasteiger charge is -2.37. The van der Waals surface area contributed by atoms with Crippen LogP contribution in [0.5, 0.6) is 0 Å². The molecule has 8 aromatic rings. The van der Waals surface area contributed by atoms with Crippen molar-refractivity contribution in [3.05, 3.63) is 71.7 Å². The molecule has 127 heavy (non-hydrogen) atoms. The quantitative estimate of drug-likeness (QED) is 0.00304. The fraction of sp³-hybridized carbons (Fsp3) is 0.679. The summed E-state index contributed by atoms with van der Waals surface area (Å²) in [4.78, 5) is 109. The van der Waals surface area contributed by atoms with Crippen LogP contribution in [0.4, 0.5) is 25.8 Å². The van der Waals surface area contributed by atoms with Gasteiger partial charge in [0.1, 0.15) is 50.1 Å². The highest BCUT2D eigenvalue weighted by Gasteiger charge is 2.47. The third-order valence-corrected chi connectivity index (χ3v) is 24.6. The lowest BCUT2D eigenvalue weighted by Crippen LogP contribution is -2.44. The van der Waals surface area contributed by atoms with Gasteiger partial charge >= 0.3 is 41.1 Å². The van der Waals surface area contributed by atoms with E-state index < -0.39 is 68.0 Å². The molecule has 0 spiro atoms. The van der Waals surface area contributed by atoms with Crippen molar-refractivity contribution in [2.45, 2.75) is 296 Å². The van der Waals surface area contributed by atoms with Crippen molar-refractivity contribution in [1.29, 1.82) is 0 Å². The molecular weight excluding hydrogens is 1910 g/mol. The summed E-state index contributed by atoms with van der Waals surface area (Å²) in [5.74, 6) is -1.39. The van der Waals surface area contributed by atoms with Gasteiger partial charge in [-0.2, -0.15) is 25.5 Å². The Kier molecular flexibility index (Phi) is 40.1. The number of fused-ring (bicyclic) bond motifs is 3. The number of aromatic nitrogens is 16. The lowest BCUT2D eigenvalue weighted by molar-refractivity contribution is -0.386. The predicted octanol–water partition coefficient (Wildman–Crippen LogP) is 18.4. The van der Waals surface area contributed by atoms with Crippen molar-refractivity contribution in [3.8, 4) is 0 Å². The molecule has 8 aromatic heterocycles. The Bertz CT molecular complexity index is 5080. The maximum absolute atomic E-state index is 12.3. The summed E-state index contributed by atoms with van der Waals surface area (Å²) < 4.78 is 41.6. The van der Waals surface area contributed by atoms with Crippen LogP contribution in [0.25, 0.3) is 33.1 Å². The molecule has 3 amide bonds. The Balaban J connectivity index is 0.000000244. The number of halogens is 5. The molecule has 0 bridgehead atoms. The highest BCUT2D eigenvalue weighted by Crippen LogP contribution is 2.61. The molecule has 5 aliphatic rings. The Morgan fingerprint density at radius 3 is 1.28 bits per heavy atom. The minimum atomic E-state index is -3.22. The number of nitro groups is 1. The molecule has 15 N–H and O–H groups in total. The number of alkyl carbamates (subject to hydrolysis) is 3. The van der Waals surface area contributed by atoms with Gasteiger partial charge < -0.3 is 56.8 Å². The molecule has 0 aliphatic heterocycles. The summed E-state index contributed by atoms with van der Waals surface area (Å²) in [6.45, 7) is 22.1. The minimum absolute atomic E-state index is 0. The van der Waals surface area contributed by atoms with E-state index in [0.29, 0.717) is 87.3 Å². The monoisotopic (exact) mass is 2040 g/mol. The molecule has 5 saturated carbocycles. The second-order valence-electron chi connectivity index (χ2n) is 34.8. The number of hydrogen-bond donors (Lipinski definition) is 12. The minimum Gasteiger partial charge on any atom is -0.461 e. The average Bonchev–Trinajstić information content (AvgIpc) is 1.66. The van der Waals surface area contributed by atoms with Gasteiger partial charge in [-0.15, -0.1) is 0 Å². The van der Waals surface area contributed by atoms with E-state index in [4.69, 9.17) is 53.9 Å². The number of hydrogen-bond acceptors (Lipinski definition) is 30. The van der Waals surface area contributed by atoms with Gasteiger partial charge in [-0.25, -0.2) is 48.9 Å². The first kappa shape index (κ1) is 105. The number of amides is 3. The van der Waals surface area contributed by atoms with E-state index in [2.05, 4.69) is 131 Å². The summed E-state index contributed by atoms with van der Waals surface area (Å²) in [6, 6.07) is 0. The molecule has 13 rings (SSSR count). The fourth-order valence-electron chi connectivity index (χ4n) is 16.7. The maximum atomic E-state index is 12.3. The molecule has 46 heteroatoms. The van der Waals surface area contributed by atoms with E-state index in [1.165, 1.54) is 62.0 Å². The summed E-state index contributed by atoms with van der Waals surface area (Å²) in [5, 5.41) is 55.3. The standard InChI is InChI=1S/C18H27N5O3S.C18H28N4O6.C18H30N4O4.C13H18ClN5S.C13H19N5S.CH3I.Cl3OP.H2/c1-17(2,3)26-16(25)19-10-18(8-6-5-7-9-18)13-11-12(22-23-13)14(24)21-15(20-11)27-4;1-5-27-15(23)12-13(22(25)26)14(21-20-12)18(9-7-6-8-10-18)11-19-16(24)28-17(2,3)4;1-5-25-15(23)13-12(19)14(22-21-13)18(9-7-6-8-10-18)11-20-16(24)26-17(2,3)4;1-20-12-16-8-9(11(14)17-12)18-19-10(8)13(7-15)5-3-2-4-6-13;1-19-12-15-7-9-10(16-12)11(18-17-9)13(8-14)5-3-2-4-6-13;1-2;1-5(2,3)4;/h5-10H2,1-4H3,(H,19,25)(H,22,23)(H,20,21,24);5-11H2,1-4H3,(H,19,24)(H,20,21);5-11,19H2,1-4H3,(H,20,24)(H,21,22);2-7,15H2,1H3,(H,18,19);7H,2-6,8,14H2,1H3,(H,17,18);1H3;;1H/i;;;;;1D;;. The van der Waals surface area contributed by atoms with E-state index >= 15 is 0 Å². The van der Waals surface area contributed by atoms with Crippen molar-refractivity contribution in [3.63, 3.8) is 0 Å². The number of nitrogens with two attached hydrogens (primary N) is 3. The van der Waals surface area contributed by atoms with E-state index in [0.717, 1.165) is 148 Å². The molecule has 37 nitrogen and oxygen atoms in total. The SMILES string of the molecule is CCOC(=O)c1n[nH]c(C2(CNC(=O)OC(C)(C)C)CCCCC2)c1N.CCOC(=O)c1n[nH]c(C2(CNC(=O)OC(C)(C)C)CCCCC2)c1[N+](=O)[O-].CSc1nc(Cl)c2n[nH]c(C3(CN)CCCCC3)c2n1.CSc1nc2c(C3(CNC(=O)OC(C)(C)C)CCCCC3)[nH]nc2c(=O)[nH]1.CSc1ncc2n[nH]c(C3(CN)CCCCC3)c2n1.O=P(Cl)(Cl)Cl.[2H]CI.[HH]. The van der Waals surface area contributed by atoms with Crippen LogP contribution in [0.1, 0.15) is 289 Å². The molecule has 0 aromatic carbocycles. The first-order chi connectivity index (χ1) is 60.4. The first-order valence-electron chi connectivity index (χ1n) is 43.1. The number of rotatable bonds is 21. The van der Waals surface area contributed by atoms with Crippen LogP contribution in [0.2, 0.25) is 5.15 Å². The number of carbonyl (C=O) groups excluding carboxylic acids is 5. The van der Waals surface area contributed by atoms with Crippen molar-refractivity contribution in [1.82, 2.24) is 96.8 Å². The molecule has 0 atom stereocenters. The Morgan fingerprint density at radius 2 is 0.882 bits per heavy atom. The maximum Gasteiger partial charge on any atom is 0.407 e. The van der Waals surface area contributed by atoms with Gasteiger partial charge in [0.25, 0.3) is 5.56 Å². The molecule has 5 aliphatic carbocycles. The Labute approximate surface area is 788 Å². The molecule has 5 fully saturated rings. The van der Waals surface area contributed by atoms with E-state index in [-0.39, 0.29) is 65.8 Å². The number of nitrogens with one attached hydrogen (secondary N) is 9. The average molecular weight is 2040 g/mol. The normalized spacial score (nSPS) is 17.0. The number of H-pyrrole nitrogens is 6. The van der Waals surface area contributed by atoms with Crippen LogP contribution >= 0.6 is 108 Å². The van der Waals surface area contributed by atoms with Crippen LogP contribution in [0.15, 0.2) is 26.5 Å². The number of alkyl halides is 1. The van der Waals surface area contributed by atoms with Crippen LogP contribution < -0.4 is 38.7 Å². The number of carbonyl (C=O) groups is 5. The highest BCUT2D eigenvalue weighted by atomic mass is 127. The Hall–Kier alpha value is -7.09. The van der Waals surface area contributed by atoms with E-state index in [1.54, 1.807) is 52.6 Å². The number of thioether (sulfide) groups is 3. The summed E-state index contributed by atoms with van der Waals surface area (Å²) in [6.07, 6.45) is 31.8. The lowest BCUT2D eigenvalue weighted by atomic mass is 9.71. The second kappa shape index (κ2) is 48.4. The summed E-state index contributed by atoms with van der Waals surface area (Å²) in [5.41, 5.74) is 22.7. The molecule has 0 unspecified atom stereocenters. The number of nitrogens with zero attached hydrogens (tertiary/aromatic N) is 11. The largest absolute Gasteiger partial charge is 0.461 e. The van der Waals surface area contributed by atoms with Gasteiger partial charge in [0.15, 0.2) is 31.8 Å². The molecular formula is C81H127Cl4IN23O14PS3. The van der Waals surface area contributed by atoms with Gasteiger partial charge in [0, 0.05) is 62.6 Å². The van der Waals surface area contributed by atoms with Gasteiger partial charge in [-0.3, -0.25) is 50.0 Å². The molecule has 708 valence electrons. The van der Waals surface area contributed by atoms with Crippen LogP contribution in [0.3, 0.4) is 0 Å². The van der Waals surface area contributed by atoms with Gasteiger partial charge in [0.2, 0.25) is 5.69 Å². The number of nitrogen functional groups attached to an aromatic ring is 1. The summed E-state index contributed by atoms with van der Waals surface area (Å²) in [7, 11) is 0. The third kappa shape index (κ3) is 29.7. The van der Waals surface area contributed by atoms with Crippen LogP contribution in [0, 0.1) is 10.1 Å². The fourth-order valence-corrected chi connectivity index (χ4v) is 18.1. The van der Waals surface area contributed by atoms with Crippen LogP contribution in [-0.4, -0.2) is 202 Å². The van der Waals surface area contributed by atoms with Crippen molar-refractivity contribution >= 4 is 183 Å². The zero-order chi connectivity index (χ0) is 94.6. The van der Waals surface area contributed by atoms with Crippen molar-refractivity contribution < 1.29 is 59.9 Å². The number of ether oxygens (including phenoxy) is 5. The smallest absolute Gasteiger partial charge is 0.407 e. The van der Waals surface area contributed by atoms with Crippen molar-refractivity contribution in [2.24, 2.45) is 11.5 Å². The highest BCUT2D eigenvalue weighted by molar-refractivity contribution is 14.1. The molecule has 8 heterocycles. The number of esters is 2. The Morgan fingerprint density at radius 1 is 0.535 bits per heavy atom. The molecule has 0 saturated heterocycles. The summed E-state index contributed by atoms with van der Waals surface area (Å²) >= 11 is 26.4. The zero-order valence-corrected chi connectivity index (χ0v) is 83.4. The van der Waals surface area contributed by atoms with Gasteiger partial charge in [-0.1, -0.05) is 166 Å². The van der Waals surface area contributed by atoms with E-state index in [9.17, 15) is 43.4 Å². The number of aromatic amines is 6. The zero-order valence-electron chi connectivity index (χ0n) is 75.8. The number of anilines is 1. The van der Waals surface area contributed by atoms with Gasteiger partial charge in [-0.05, 0) is 198 Å². The second-order valence-corrected chi connectivity index (χ2v) is 44.1.